The van der Waals surface area contributed by atoms with Gasteiger partial charge < -0.3 is 15.0 Å². The molecule has 0 aliphatic carbocycles. The Labute approximate surface area is 111 Å². The van der Waals surface area contributed by atoms with Gasteiger partial charge in [-0.3, -0.25) is 4.79 Å². The second-order valence-electron chi connectivity index (χ2n) is 5.98. The Morgan fingerprint density at radius 2 is 1.83 bits per heavy atom. The zero-order chi connectivity index (χ0) is 13.8. The molecule has 4 nitrogen and oxygen atoms in total. The first-order valence-electron chi connectivity index (χ1n) is 6.99. The van der Waals surface area contributed by atoms with E-state index in [0.717, 1.165) is 32.5 Å². The molecule has 1 aliphatic heterocycles. The Hall–Kier alpha value is -0.610. The number of piperidine rings is 1. The summed E-state index contributed by atoms with van der Waals surface area (Å²) in [6, 6.07) is 0.547. The molecule has 0 unspecified atom stereocenters. The van der Waals surface area contributed by atoms with Gasteiger partial charge in [0, 0.05) is 19.1 Å². The maximum atomic E-state index is 12.1. The van der Waals surface area contributed by atoms with Gasteiger partial charge in [0.2, 0.25) is 0 Å². The van der Waals surface area contributed by atoms with Crippen LogP contribution in [0.2, 0.25) is 0 Å². The molecule has 0 aromatic rings. The molecule has 1 fully saturated rings. The van der Waals surface area contributed by atoms with Gasteiger partial charge in [0.1, 0.15) is 5.54 Å². The van der Waals surface area contributed by atoms with Gasteiger partial charge in [0.05, 0.1) is 7.11 Å². The standard InChI is InChI=1S/C14H28N2O2/c1-11(2)10-15-14(13(17)18-5)6-8-16(9-7-14)12(3)4/h11-12,15H,6-10H2,1-5H3. The summed E-state index contributed by atoms with van der Waals surface area (Å²) in [5.41, 5.74) is -0.468. The number of carbonyl (C=O) groups is 1. The summed E-state index contributed by atoms with van der Waals surface area (Å²) < 4.78 is 5.00. The van der Waals surface area contributed by atoms with E-state index in [0.29, 0.717) is 12.0 Å². The van der Waals surface area contributed by atoms with Crippen molar-refractivity contribution in [1.29, 1.82) is 0 Å². The van der Waals surface area contributed by atoms with Gasteiger partial charge in [-0.05, 0) is 39.2 Å². The average molecular weight is 256 g/mol. The zero-order valence-electron chi connectivity index (χ0n) is 12.5. The van der Waals surface area contributed by atoms with E-state index in [1.165, 1.54) is 7.11 Å². The van der Waals surface area contributed by atoms with Crippen LogP contribution in [0, 0.1) is 5.92 Å². The molecular weight excluding hydrogens is 228 g/mol. The van der Waals surface area contributed by atoms with Gasteiger partial charge in [-0.1, -0.05) is 13.8 Å². The van der Waals surface area contributed by atoms with Crippen LogP contribution in [0.3, 0.4) is 0 Å². The molecule has 0 aromatic heterocycles. The number of nitrogens with zero attached hydrogens (tertiary/aromatic N) is 1. The predicted octanol–water partition coefficient (Wildman–Crippen LogP) is 1.65. The molecule has 1 N–H and O–H groups in total. The van der Waals surface area contributed by atoms with E-state index >= 15 is 0 Å². The minimum absolute atomic E-state index is 0.105. The number of rotatable bonds is 5. The molecule has 0 saturated carbocycles. The number of likely N-dealkylation sites (tertiary alicyclic amines) is 1. The predicted molar refractivity (Wildman–Crippen MR) is 73.5 cm³/mol. The highest BCUT2D eigenvalue weighted by atomic mass is 16.5. The van der Waals surface area contributed by atoms with Crippen LogP contribution in [0.1, 0.15) is 40.5 Å². The summed E-state index contributed by atoms with van der Waals surface area (Å²) in [5.74, 6) is 0.432. The molecule has 106 valence electrons. The van der Waals surface area contributed by atoms with E-state index in [1.807, 2.05) is 0 Å². The van der Waals surface area contributed by atoms with Gasteiger partial charge in [-0.25, -0.2) is 0 Å². The Morgan fingerprint density at radius 1 is 1.28 bits per heavy atom. The Balaban J connectivity index is 2.67. The number of esters is 1. The molecule has 0 bridgehead atoms. The zero-order valence-corrected chi connectivity index (χ0v) is 12.5. The van der Waals surface area contributed by atoms with Crippen molar-refractivity contribution in [2.75, 3.05) is 26.7 Å². The van der Waals surface area contributed by atoms with Crippen LogP contribution in [0.5, 0.6) is 0 Å². The SMILES string of the molecule is COC(=O)C1(NCC(C)C)CCN(C(C)C)CC1. The van der Waals surface area contributed by atoms with Crippen LogP contribution in [0.25, 0.3) is 0 Å². The quantitative estimate of drug-likeness (QED) is 0.759. The van der Waals surface area contributed by atoms with Crippen molar-refractivity contribution in [3.63, 3.8) is 0 Å². The number of ether oxygens (including phenoxy) is 1. The number of methoxy groups -OCH3 is 1. The minimum atomic E-state index is -0.468. The molecule has 18 heavy (non-hydrogen) atoms. The Bertz CT molecular complexity index is 269. The van der Waals surface area contributed by atoms with Gasteiger partial charge >= 0.3 is 5.97 Å². The highest BCUT2D eigenvalue weighted by Crippen LogP contribution is 2.25. The molecule has 1 rings (SSSR count). The van der Waals surface area contributed by atoms with Crippen LogP contribution in [-0.2, 0) is 9.53 Å². The summed E-state index contributed by atoms with van der Waals surface area (Å²) in [4.78, 5) is 14.5. The highest BCUT2D eigenvalue weighted by molar-refractivity contribution is 5.81. The normalized spacial score (nSPS) is 20.4. The number of carbonyl (C=O) groups excluding carboxylic acids is 1. The molecule has 1 saturated heterocycles. The van der Waals surface area contributed by atoms with Crippen molar-refractivity contribution >= 4 is 5.97 Å². The van der Waals surface area contributed by atoms with Gasteiger partial charge in [-0.15, -0.1) is 0 Å². The second kappa shape index (κ2) is 6.53. The first kappa shape index (κ1) is 15.4. The molecule has 0 spiro atoms. The Morgan fingerprint density at radius 3 is 2.22 bits per heavy atom. The number of hydrogen-bond acceptors (Lipinski definition) is 4. The number of nitrogens with one attached hydrogen (secondary N) is 1. The number of hydrogen-bond donors (Lipinski definition) is 1. The van der Waals surface area contributed by atoms with E-state index in [2.05, 4.69) is 37.9 Å². The molecule has 0 amide bonds. The monoisotopic (exact) mass is 256 g/mol. The third-order valence-electron chi connectivity index (χ3n) is 3.81. The lowest BCUT2D eigenvalue weighted by atomic mass is 9.86. The van der Waals surface area contributed by atoms with Crippen LogP contribution in [-0.4, -0.2) is 49.2 Å². The van der Waals surface area contributed by atoms with Crippen molar-refractivity contribution in [3.05, 3.63) is 0 Å². The lowest BCUT2D eigenvalue weighted by Crippen LogP contribution is -2.60. The maximum Gasteiger partial charge on any atom is 0.326 e. The van der Waals surface area contributed by atoms with E-state index in [4.69, 9.17) is 4.74 Å². The van der Waals surface area contributed by atoms with Gasteiger partial charge in [-0.2, -0.15) is 0 Å². The largest absolute Gasteiger partial charge is 0.468 e. The highest BCUT2D eigenvalue weighted by Gasteiger charge is 2.42. The maximum absolute atomic E-state index is 12.1. The van der Waals surface area contributed by atoms with Gasteiger partial charge in [0.25, 0.3) is 0 Å². The van der Waals surface area contributed by atoms with E-state index in [9.17, 15) is 4.79 Å². The third-order valence-corrected chi connectivity index (χ3v) is 3.81. The van der Waals surface area contributed by atoms with Crippen LogP contribution in [0.15, 0.2) is 0 Å². The fraction of sp³-hybridized carbons (Fsp3) is 0.929. The third kappa shape index (κ3) is 3.69. The molecular formula is C14H28N2O2. The molecule has 1 aliphatic rings. The van der Waals surface area contributed by atoms with Crippen LogP contribution < -0.4 is 5.32 Å². The molecule has 4 heteroatoms. The molecule has 1 heterocycles. The van der Waals surface area contributed by atoms with E-state index < -0.39 is 5.54 Å². The summed E-state index contributed by atoms with van der Waals surface area (Å²) in [6.07, 6.45) is 1.68. The van der Waals surface area contributed by atoms with Crippen molar-refractivity contribution in [2.45, 2.75) is 52.1 Å². The van der Waals surface area contributed by atoms with Crippen LogP contribution >= 0.6 is 0 Å². The fourth-order valence-corrected chi connectivity index (χ4v) is 2.47. The van der Waals surface area contributed by atoms with Crippen LogP contribution in [0.4, 0.5) is 0 Å². The van der Waals surface area contributed by atoms with Crippen molar-refractivity contribution in [1.82, 2.24) is 10.2 Å². The first-order chi connectivity index (χ1) is 8.41. The smallest absolute Gasteiger partial charge is 0.326 e. The van der Waals surface area contributed by atoms with Crippen molar-refractivity contribution < 1.29 is 9.53 Å². The fourth-order valence-electron chi connectivity index (χ4n) is 2.47. The molecule has 0 atom stereocenters. The van der Waals surface area contributed by atoms with Gasteiger partial charge in [0.15, 0.2) is 0 Å². The Kier molecular flexibility index (Phi) is 5.60. The van der Waals surface area contributed by atoms with E-state index in [-0.39, 0.29) is 5.97 Å². The topological polar surface area (TPSA) is 41.6 Å². The lowest BCUT2D eigenvalue weighted by molar-refractivity contribution is -0.151. The average Bonchev–Trinajstić information content (AvgIpc) is 2.35. The summed E-state index contributed by atoms with van der Waals surface area (Å²) in [5, 5.41) is 3.44. The van der Waals surface area contributed by atoms with Crippen molar-refractivity contribution in [2.24, 2.45) is 5.92 Å². The summed E-state index contributed by atoms with van der Waals surface area (Å²) >= 11 is 0. The second-order valence-corrected chi connectivity index (χ2v) is 5.98. The minimum Gasteiger partial charge on any atom is -0.468 e. The van der Waals surface area contributed by atoms with E-state index in [1.54, 1.807) is 0 Å². The lowest BCUT2D eigenvalue weighted by Gasteiger charge is -2.42. The summed E-state index contributed by atoms with van der Waals surface area (Å²) in [7, 11) is 1.48. The first-order valence-corrected chi connectivity index (χ1v) is 6.99. The van der Waals surface area contributed by atoms with Crippen molar-refractivity contribution in [3.8, 4) is 0 Å². The molecule has 0 aromatic carbocycles. The summed E-state index contributed by atoms with van der Waals surface area (Å²) in [6.45, 7) is 11.5. The molecule has 0 radical (unpaired) electrons.